The van der Waals surface area contributed by atoms with Gasteiger partial charge in [-0.3, -0.25) is 4.79 Å². The van der Waals surface area contributed by atoms with Crippen LogP contribution in [0.5, 0.6) is 0 Å². The maximum absolute atomic E-state index is 12.7. The number of fused-ring (bicyclic) bond motifs is 1. The molecule has 5 aromatic rings. The lowest BCUT2D eigenvalue weighted by molar-refractivity contribution is 0.465. The SMILES string of the molecule is O=c1[nH]c(CSc2nnc(-c3ccccc3)o2)nc2scc(-c3ccccc3)c12. The highest BCUT2D eigenvalue weighted by Gasteiger charge is 2.14. The number of hydrogen-bond donors (Lipinski definition) is 1. The molecule has 0 aliphatic heterocycles. The van der Waals surface area contributed by atoms with Gasteiger partial charge in [-0.15, -0.1) is 21.5 Å². The molecular weight excluding hydrogens is 404 g/mol. The molecular formula is C21H14N4O2S2. The van der Waals surface area contributed by atoms with Gasteiger partial charge in [-0.1, -0.05) is 60.3 Å². The molecule has 0 fully saturated rings. The normalized spacial score (nSPS) is 11.2. The smallest absolute Gasteiger partial charge is 0.277 e. The summed E-state index contributed by atoms with van der Waals surface area (Å²) in [5.74, 6) is 1.48. The molecule has 0 radical (unpaired) electrons. The zero-order valence-electron chi connectivity index (χ0n) is 15.0. The third kappa shape index (κ3) is 3.59. The van der Waals surface area contributed by atoms with Crippen molar-refractivity contribution in [1.29, 1.82) is 0 Å². The summed E-state index contributed by atoms with van der Waals surface area (Å²) < 4.78 is 5.69. The van der Waals surface area contributed by atoms with E-state index in [2.05, 4.69) is 20.2 Å². The van der Waals surface area contributed by atoms with Crippen molar-refractivity contribution < 1.29 is 4.42 Å². The fourth-order valence-corrected chi connectivity index (χ4v) is 4.59. The molecule has 8 heteroatoms. The third-order valence-electron chi connectivity index (χ3n) is 4.34. The molecule has 2 aromatic carbocycles. The summed E-state index contributed by atoms with van der Waals surface area (Å²) in [5, 5.41) is 11.2. The molecule has 1 N–H and O–H groups in total. The molecule has 6 nitrogen and oxygen atoms in total. The highest BCUT2D eigenvalue weighted by Crippen LogP contribution is 2.31. The summed E-state index contributed by atoms with van der Waals surface area (Å²) in [6, 6.07) is 19.4. The van der Waals surface area contributed by atoms with Crippen LogP contribution in [0.3, 0.4) is 0 Å². The van der Waals surface area contributed by atoms with E-state index in [4.69, 9.17) is 4.42 Å². The molecule has 0 saturated carbocycles. The summed E-state index contributed by atoms with van der Waals surface area (Å²) in [7, 11) is 0. The average Bonchev–Trinajstić information content (AvgIpc) is 3.41. The van der Waals surface area contributed by atoms with Crippen molar-refractivity contribution in [3.05, 3.63) is 82.2 Å². The van der Waals surface area contributed by atoms with Gasteiger partial charge in [0.2, 0.25) is 5.89 Å². The summed E-state index contributed by atoms with van der Waals surface area (Å²) in [5.41, 5.74) is 2.64. The van der Waals surface area contributed by atoms with Gasteiger partial charge in [0.05, 0.1) is 11.1 Å². The molecule has 0 saturated heterocycles. The van der Waals surface area contributed by atoms with E-state index < -0.39 is 0 Å². The van der Waals surface area contributed by atoms with Gasteiger partial charge in [-0.25, -0.2) is 4.98 Å². The minimum absolute atomic E-state index is 0.138. The maximum Gasteiger partial charge on any atom is 0.277 e. The Balaban J connectivity index is 1.38. The molecule has 142 valence electrons. The number of aromatic nitrogens is 4. The molecule has 0 aliphatic carbocycles. The van der Waals surface area contributed by atoms with Gasteiger partial charge < -0.3 is 9.40 Å². The first-order valence-electron chi connectivity index (χ1n) is 8.85. The number of thioether (sulfide) groups is 1. The molecule has 3 aromatic heterocycles. The fourth-order valence-electron chi connectivity index (χ4n) is 2.99. The van der Waals surface area contributed by atoms with Crippen molar-refractivity contribution in [2.75, 3.05) is 0 Å². The Hall–Kier alpha value is -3.23. The van der Waals surface area contributed by atoms with Crippen molar-refractivity contribution in [1.82, 2.24) is 20.2 Å². The number of nitrogens with zero attached hydrogens (tertiary/aromatic N) is 3. The average molecular weight is 419 g/mol. The van der Waals surface area contributed by atoms with Gasteiger partial charge in [0.15, 0.2) is 0 Å². The monoisotopic (exact) mass is 418 g/mol. The molecule has 5 rings (SSSR count). The number of rotatable bonds is 5. The highest BCUT2D eigenvalue weighted by atomic mass is 32.2. The van der Waals surface area contributed by atoms with Crippen LogP contribution in [0.25, 0.3) is 32.8 Å². The van der Waals surface area contributed by atoms with E-state index in [-0.39, 0.29) is 5.56 Å². The molecule has 0 bridgehead atoms. The second-order valence-electron chi connectivity index (χ2n) is 6.24. The van der Waals surface area contributed by atoms with Crippen LogP contribution < -0.4 is 5.56 Å². The number of nitrogens with one attached hydrogen (secondary N) is 1. The van der Waals surface area contributed by atoms with Crippen LogP contribution in [0.2, 0.25) is 0 Å². The Morgan fingerprint density at radius 3 is 2.45 bits per heavy atom. The molecule has 0 atom stereocenters. The predicted molar refractivity (Wildman–Crippen MR) is 115 cm³/mol. The molecule has 0 spiro atoms. The van der Waals surface area contributed by atoms with Crippen LogP contribution in [0, 0.1) is 0 Å². The Kier molecular flexibility index (Phi) is 4.71. The first kappa shape index (κ1) is 17.8. The van der Waals surface area contributed by atoms with Crippen LogP contribution in [-0.4, -0.2) is 20.2 Å². The molecule has 0 amide bonds. The van der Waals surface area contributed by atoms with Crippen molar-refractivity contribution in [3.8, 4) is 22.6 Å². The van der Waals surface area contributed by atoms with E-state index in [9.17, 15) is 4.79 Å². The van der Waals surface area contributed by atoms with E-state index in [1.54, 1.807) is 0 Å². The summed E-state index contributed by atoms with van der Waals surface area (Å²) in [4.78, 5) is 20.9. The lowest BCUT2D eigenvalue weighted by atomic mass is 10.1. The summed E-state index contributed by atoms with van der Waals surface area (Å²) >= 11 is 2.81. The van der Waals surface area contributed by atoms with Crippen LogP contribution in [0.15, 0.2) is 80.5 Å². The molecule has 0 unspecified atom stereocenters. The first-order valence-corrected chi connectivity index (χ1v) is 10.7. The van der Waals surface area contributed by atoms with Gasteiger partial charge >= 0.3 is 0 Å². The summed E-state index contributed by atoms with van der Waals surface area (Å²) in [6.45, 7) is 0. The number of H-pyrrole nitrogens is 1. The Morgan fingerprint density at radius 2 is 1.69 bits per heavy atom. The van der Waals surface area contributed by atoms with E-state index in [0.717, 1.165) is 21.5 Å². The van der Waals surface area contributed by atoms with Crippen molar-refractivity contribution in [2.24, 2.45) is 0 Å². The van der Waals surface area contributed by atoms with E-state index in [0.29, 0.717) is 28.1 Å². The van der Waals surface area contributed by atoms with Crippen LogP contribution in [-0.2, 0) is 5.75 Å². The van der Waals surface area contributed by atoms with E-state index >= 15 is 0 Å². The largest absolute Gasteiger partial charge is 0.411 e. The van der Waals surface area contributed by atoms with Crippen LogP contribution in [0.1, 0.15) is 5.82 Å². The second-order valence-corrected chi connectivity index (χ2v) is 8.02. The topological polar surface area (TPSA) is 84.7 Å². The number of aromatic amines is 1. The lowest BCUT2D eigenvalue weighted by Gasteiger charge is -2.01. The van der Waals surface area contributed by atoms with Crippen LogP contribution >= 0.6 is 23.1 Å². The van der Waals surface area contributed by atoms with E-state index in [1.807, 2.05) is 66.0 Å². The standard InChI is InChI=1S/C21H14N4O2S2/c26-18-17-15(13-7-3-1-4-8-13)11-28-20(17)23-16(22-18)12-29-21-25-24-19(27-21)14-9-5-2-6-10-14/h1-11H,12H2,(H,22,23,26). The minimum Gasteiger partial charge on any atom is -0.411 e. The number of benzene rings is 2. The predicted octanol–water partition coefficient (Wildman–Crippen LogP) is 4.99. The molecule has 29 heavy (non-hydrogen) atoms. The minimum atomic E-state index is -0.138. The van der Waals surface area contributed by atoms with Gasteiger partial charge in [0.1, 0.15) is 10.7 Å². The quantitative estimate of drug-likeness (QED) is 0.405. The zero-order valence-corrected chi connectivity index (χ0v) is 16.7. The van der Waals surface area contributed by atoms with E-state index in [1.165, 1.54) is 23.1 Å². The molecule has 3 heterocycles. The van der Waals surface area contributed by atoms with Crippen molar-refractivity contribution >= 4 is 33.3 Å². The van der Waals surface area contributed by atoms with Crippen LogP contribution in [0.4, 0.5) is 0 Å². The Bertz CT molecular complexity index is 1330. The number of thiophene rings is 1. The zero-order chi connectivity index (χ0) is 19.6. The first-order chi connectivity index (χ1) is 14.3. The van der Waals surface area contributed by atoms with Gasteiger partial charge in [0, 0.05) is 16.5 Å². The third-order valence-corrected chi connectivity index (χ3v) is 6.04. The summed E-state index contributed by atoms with van der Waals surface area (Å²) in [6.07, 6.45) is 0. The molecule has 0 aliphatic rings. The van der Waals surface area contributed by atoms with Gasteiger partial charge in [-0.2, -0.15) is 0 Å². The van der Waals surface area contributed by atoms with Gasteiger partial charge in [-0.05, 0) is 17.7 Å². The van der Waals surface area contributed by atoms with Crippen molar-refractivity contribution in [3.63, 3.8) is 0 Å². The fraction of sp³-hybridized carbons (Fsp3) is 0.0476. The number of hydrogen-bond acceptors (Lipinski definition) is 7. The second kappa shape index (κ2) is 7.65. The highest BCUT2D eigenvalue weighted by molar-refractivity contribution is 7.98. The van der Waals surface area contributed by atoms with Gasteiger partial charge in [0.25, 0.3) is 10.8 Å². The maximum atomic E-state index is 12.7. The lowest BCUT2D eigenvalue weighted by Crippen LogP contribution is -2.10. The Morgan fingerprint density at radius 1 is 0.966 bits per heavy atom. The van der Waals surface area contributed by atoms with Crippen molar-refractivity contribution in [2.45, 2.75) is 11.0 Å². The Labute approximate surface area is 173 Å².